The highest BCUT2D eigenvalue weighted by atomic mass is 16.4. The fraction of sp³-hybridized carbons (Fsp3) is 0.800. The first kappa shape index (κ1) is 22.2. The number of piperidine rings is 1. The summed E-state index contributed by atoms with van der Waals surface area (Å²) < 4.78 is 0. The van der Waals surface area contributed by atoms with Crippen LogP contribution >= 0.6 is 0 Å². The van der Waals surface area contributed by atoms with E-state index in [4.69, 9.17) is 5.11 Å². The highest BCUT2D eigenvalue weighted by Gasteiger charge is 2.35. The van der Waals surface area contributed by atoms with E-state index in [0.29, 0.717) is 45.3 Å². The van der Waals surface area contributed by atoms with Gasteiger partial charge in [-0.1, -0.05) is 6.92 Å². The SMILES string of the molecule is CCCC(=O)N1CCCCC1C(=O)N1CCCC(N(CC(=O)O)C(C)=O)CC1. The molecule has 0 aliphatic carbocycles. The Morgan fingerprint density at radius 3 is 2.39 bits per heavy atom. The number of carboxylic acids is 1. The van der Waals surface area contributed by atoms with E-state index in [-0.39, 0.29) is 36.3 Å². The van der Waals surface area contributed by atoms with Crippen LogP contribution in [0.15, 0.2) is 0 Å². The maximum Gasteiger partial charge on any atom is 0.323 e. The average molecular weight is 396 g/mol. The lowest BCUT2D eigenvalue weighted by molar-refractivity contribution is -0.148. The summed E-state index contributed by atoms with van der Waals surface area (Å²) in [7, 11) is 0. The molecule has 2 heterocycles. The van der Waals surface area contributed by atoms with Crippen LogP contribution in [0.4, 0.5) is 0 Å². The minimum Gasteiger partial charge on any atom is -0.480 e. The van der Waals surface area contributed by atoms with Crippen molar-refractivity contribution in [2.75, 3.05) is 26.2 Å². The van der Waals surface area contributed by atoms with Crippen molar-refractivity contribution in [2.24, 2.45) is 0 Å². The van der Waals surface area contributed by atoms with Crippen molar-refractivity contribution in [3.63, 3.8) is 0 Å². The Morgan fingerprint density at radius 2 is 1.75 bits per heavy atom. The van der Waals surface area contributed by atoms with Gasteiger partial charge in [0.2, 0.25) is 17.7 Å². The van der Waals surface area contributed by atoms with Gasteiger partial charge >= 0.3 is 5.97 Å². The number of carbonyl (C=O) groups excluding carboxylic acids is 3. The van der Waals surface area contributed by atoms with Crippen LogP contribution in [0.5, 0.6) is 0 Å². The van der Waals surface area contributed by atoms with Gasteiger partial charge in [-0.05, 0) is 44.9 Å². The molecule has 2 fully saturated rings. The molecule has 8 nitrogen and oxygen atoms in total. The number of amides is 3. The third-order valence-corrected chi connectivity index (χ3v) is 5.73. The van der Waals surface area contributed by atoms with Crippen molar-refractivity contribution in [1.82, 2.24) is 14.7 Å². The topological polar surface area (TPSA) is 98.2 Å². The van der Waals surface area contributed by atoms with Gasteiger partial charge in [0, 0.05) is 39.0 Å². The van der Waals surface area contributed by atoms with Gasteiger partial charge in [0.25, 0.3) is 0 Å². The summed E-state index contributed by atoms with van der Waals surface area (Å²) >= 11 is 0. The maximum absolute atomic E-state index is 13.2. The monoisotopic (exact) mass is 395 g/mol. The van der Waals surface area contributed by atoms with E-state index in [9.17, 15) is 19.2 Å². The van der Waals surface area contributed by atoms with E-state index in [0.717, 1.165) is 25.7 Å². The van der Waals surface area contributed by atoms with Crippen LogP contribution in [0.3, 0.4) is 0 Å². The molecule has 3 amide bonds. The van der Waals surface area contributed by atoms with Gasteiger partial charge in [-0.25, -0.2) is 0 Å². The van der Waals surface area contributed by atoms with Gasteiger partial charge in [-0.3, -0.25) is 19.2 Å². The largest absolute Gasteiger partial charge is 0.480 e. The molecule has 2 unspecified atom stereocenters. The van der Waals surface area contributed by atoms with Crippen molar-refractivity contribution < 1.29 is 24.3 Å². The average Bonchev–Trinajstić information content (AvgIpc) is 2.91. The normalized spacial score (nSPS) is 23.1. The Morgan fingerprint density at radius 1 is 1.00 bits per heavy atom. The molecule has 0 saturated carbocycles. The summed E-state index contributed by atoms with van der Waals surface area (Å²) in [6, 6.07) is -0.553. The first-order valence-electron chi connectivity index (χ1n) is 10.4. The van der Waals surface area contributed by atoms with Crippen LogP contribution in [-0.2, 0) is 19.2 Å². The first-order valence-corrected chi connectivity index (χ1v) is 10.4. The second-order valence-electron chi connectivity index (χ2n) is 7.80. The summed E-state index contributed by atoms with van der Waals surface area (Å²) in [4.78, 5) is 53.5. The smallest absolute Gasteiger partial charge is 0.323 e. The predicted octanol–water partition coefficient (Wildman–Crippen LogP) is 1.48. The number of likely N-dealkylation sites (tertiary alicyclic amines) is 2. The molecule has 28 heavy (non-hydrogen) atoms. The quantitative estimate of drug-likeness (QED) is 0.735. The van der Waals surface area contributed by atoms with Gasteiger partial charge < -0.3 is 19.8 Å². The second kappa shape index (κ2) is 10.4. The summed E-state index contributed by atoms with van der Waals surface area (Å²) in [6.07, 6.45) is 5.78. The molecule has 8 heteroatoms. The standard InChI is InChI=1S/C20H33N3O5/c1-3-7-18(25)22-12-5-4-9-17(22)20(28)21-11-6-8-16(10-13-21)23(15(2)24)14-19(26)27/h16-17H,3-14H2,1-2H3,(H,26,27). The molecule has 0 aromatic heterocycles. The fourth-order valence-electron chi connectivity index (χ4n) is 4.31. The van der Waals surface area contributed by atoms with Crippen LogP contribution in [0.1, 0.15) is 65.2 Å². The Balaban J connectivity index is 2.03. The first-order chi connectivity index (χ1) is 13.3. The molecular weight excluding hydrogens is 362 g/mol. The Hall–Kier alpha value is -2.12. The zero-order valence-electron chi connectivity index (χ0n) is 17.1. The summed E-state index contributed by atoms with van der Waals surface area (Å²) in [5.41, 5.74) is 0. The number of hydrogen-bond acceptors (Lipinski definition) is 4. The third-order valence-electron chi connectivity index (χ3n) is 5.73. The van der Waals surface area contributed by atoms with Gasteiger partial charge in [0.05, 0.1) is 0 Å². The van der Waals surface area contributed by atoms with Crippen molar-refractivity contribution in [2.45, 2.75) is 77.3 Å². The zero-order valence-corrected chi connectivity index (χ0v) is 17.1. The van der Waals surface area contributed by atoms with Crippen LogP contribution in [0.2, 0.25) is 0 Å². The molecule has 2 atom stereocenters. The van der Waals surface area contributed by atoms with Crippen molar-refractivity contribution in [3.8, 4) is 0 Å². The zero-order chi connectivity index (χ0) is 20.7. The molecule has 158 valence electrons. The highest BCUT2D eigenvalue weighted by molar-refractivity contribution is 5.88. The maximum atomic E-state index is 13.2. The molecule has 0 bridgehead atoms. The van der Waals surface area contributed by atoms with Crippen molar-refractivity contribution in [1.29, 1.82) is 0 Å². The van der Waals surface area contributed by atoms with E-state index in [1.807, 2.05) is 6.92 Å². The van der Waals surface area contributed by atoms with Crippen molar-refractivity contribution >= 4 is 23.7 Å². The van der Waals surface area contributed by atoms with Gasteiger partial charge in [0.1, 0.15) is 12.6 Å². The lowest BCUT2D eigenvalue weighted by Crippen LogP contribution is -2.53. The molecule has 0 aromatic carbocycles. The van der Waals surface area contributed by atoms with E-state index in [1.165, 1.54) is 11.8 Å². The molecule has 2 aliphatic rings. The molecule has 1 N–H and O–H groups in total. The predicted molar refractivity (Wildman–Crippen MR) is 104 cm³/mol. The Labute approximate surface area is 166 Å². The van der Waals surface area contributed by atoms with Crippen molar-refractivity contribution in [3.05, 3.63) is 0 Å². The van der Waals surface area contributed by atoms with Crippen LogP contribution in [0.25, 0.3) is 0 Å². The minimum atomic E-state index is -1.03. The summed E-state index contributed by atoms with van der Waals surface area (Å²) in [5.74, 6) is -1.23. The Kier molecular flexibility index (Phi) is 8.26. The number of hydrogen-bond donors (Lipinski definition) is 1. The number of aliphatic carboxylic acids is 1. The van der Waals surface area contributed by atoms with E-state index in [2.05, 4.69) is 0 Å². The number of carboxylic acid groups (broad SMARTS) is 1. The highest BCUT2D eigenvalue weighted by Crippen LogP contribution is 2.23. The van der Waals surface area contributed by atoms with Gasteiger partial charge in [-0.2, -0.15) is 0 Å². The van der Waals surface area contributed by atoms with E-state index in [1.54, 1.807) is 9.80 Å². The molecule has 0 spiro atoms. The van der Waals surface area contributed by atoms with Gasteiger partial charge in [0.15, 0.2) is 0 Å². The number of nitrogens with zero attached hydrogens (tertiary/aromatic N) is 3. The lowest BCUT2D eigenvalue weighted by Gasteiger charge is -2.37. The van der Waals surface area contributed by atoms with E-state index >= 15 is 0 Å². The minimum absolute atomic E-state index is 0.00240. The van der Waals surface area contributed by atoms with Crippen LogP contribution in [0, 0.1) is 0 Å². The Bertz CT molecular complexity index is 594. The molecular formula is C20H33N3O5. The molecule has 0 radical (unpaired) electrons. The number of carbonyl (C=O) groups is 4. The van der Waals surface area contributed by atoms with Crippen LogP contribution in [-0.4, -0.2) is 81.8 Å². The fourth-order valence-corrected chi connectivity index (χ4v) is 4.31. The molecule has 2 saturated heterocycles. The number of rotatable bonds is 6. The van der Waals surface area contributed by atoms with Crippen LogP contribution < -0.4 is 0 Å². The lowest BCUT2D eigenvalue weighted by atomic mass is 10.00. The summed E-state index contributed by atoms with van der Waals surface area (Å²) in [6.45, 7) is 4.75. The van der Waals surface area contributed by atoms with E-state index < -0.39 is 5.97 Å². The molecule has 2 rings (SSSR count). The van der Waals surface area contributed by atoms with Gasteiger partial charge in [-0.15, -0.1) is 0 Å². The third kappa shape index (κ3) is 5.69. The summed E-state index contributed by atoms with van der Waals surface area (Å²) in [5, 5.41) is 9.07. The second-order valence-corrected chi connectivity index (χ2v) is 7.80. The molecule has 0 aromatic rings. The molecule has 2 aliphatic heterocycles.